The van der Waals surface area contributed by atoms with Gasteiger partial charge in [-0.15, -0.1) is 9.36 Å². The third kappa shape index (κ3) is 6.96. The van der Waals surface area contributed by atoms with Crippen LogP contribution in [0.2, 0.25) is 0 Å². The summed E-state index contributed by atoms with van der Waals surface area (Å²) in [5, 5.41) is 4.50. The summed E-state index contributed by atoms with van der Waals surface area (Å²) in [6.07, 6.45) is 2.13. The molecule has 2 rings (SSSR count). The summed E-state index contributed by atoms with van der Waals surface area (Å²) in [5.74, 6) is 0.841. The molecule has 0 aliphatic rings. The molecule has 0 aliphatic heterocycles. The molecule has 0 amide bonds. The molecule has 0 bridgehead atoms. The third-order valence-electron chi connectivity index (χ3n) is 3.03. The van der Waals surface area contributed by atoms with Crippen molar-refractivity contribution in [2.75, 3.05) is 0 Å². The number of aromatic nitrogens is 3. The Balaban J connectivity index is 0.000000359. The van der Waals surface area contributed by atoms with Gasteiger partial charge in [-0.1, -0.05) is 50.7 Å². The van der Waals surface area contributed by atoms with E-state index in [0.29, 0.717) is 0 Å². The lowest BCUT2D eigenvalue weighted by Crippen LogP contribution is -2.34. The van der Waals surface area contributed by atoms with Crippen LogP contribution in [-0.4, -0.2) is 28.4 Å². The minimum atomic E-state index is -6.09. The summed E-state index contributed by atoms with van der Waals surface area (Å²) in [6, 6.07) is 10.4. The van der Waals surface area contributed by atoms with E-state index in [1.165, 1.54) is 10.6 Å². The lowest BCUT2D eigenvalue weighted by molar-refractivity contribution is -0.736. The molecule has 0 radical (unpaired) electrons. The number of benzene rings is 1. The number of aryl methyl sites for hydroxylation is 1. The van der Waals surface area contributed by atoms with Gasteiger partial charge in [-0.05, 0) is 12.1 Å². The van der Waals surface area contributed by atoms with Gasteiger partial charge in [0.15, 0.2) is 27.9 Å². The van der Waals surface area contributed by atoms with Gasteiger partial charge in [-0.25, -0.2) is 8.42 Å². The van der Waals surface area contributed by atoms with Crippen molar-refractivity contribution in [1.29, 1.82) is 0 Å². The predicted molar refractivity (Wildman–Crippen MR) is 90.2 cm³/mol. The van der Waals surface area contributed by atoms with Crippen LogP contribution in [0, 0.1) is 0 Å². The molecule has 0 fully saturated rings. The maximum absolute atomic E-state index is 10.7. The SMILES string of the molecule is Cn1n[n+](CSc2ccccc2)cc1C(C)(C)C.O=S(=O)([O-])C(F)(F)F. The highest BCUT2D eigenvalue weighted by atomic mass is 32.2. The molecular formula is C15H20F3N3O3S2. The zero-order valence-electron chi connectivity index (χ0n) is 14.7. The van der Waals surface area contributed by atoms with Crippen LogP contribution < -0.4 is 4.68 Å². The van der Waals surface area contributed by atoms with Crippen LogP contribution in [-0.2, 0) is 28.5 Å². The van der Waals surface area contributed by atoms with E-state index in [1.54, 1.807) is 11.8 Å². The fourth-order valence-corrected chi connectivity index (χ4v) is 2.63. The number of nitrogens with zero attached hydrogens (tertiary/aromatic N) is 3. The van der Waals surface area contributed by atoms with Crippen molar-refractivity contribution in [3.63, 3.8) is 0 Å². The Morgan fingerprint density at radius 1 is 1.19 bits per heavy atom. The van der Waals surface area contributed by atoms with E-state index < -0.39 is 15.6 Å². The maximum Gasteiger partial charge on any atom is 0.485 e. The molecule has 26 heavy (non-hydrogen) atoms. The third-order valence-corrected chi connectivity index (χ3v) is 4.59. The van der Waals surface area contributed by atoms with Crippen molar-refractivity contribution in [2.45, 2.75) is 42.5 Å². The van der Waals surface area contributed by atoms with Crippen molar-refractivity contribution in [1.82, 2.24) is 9.90 Å². The van der Waals surface area contributed by atoms with Gasteiger partial charge in [0.25, 0.3) is 0 Å². The highest BCUT2D eigenvalue weighted by Crippen LogP contribution is 2.21. The molecule has 0 aliphatic carbocycles. The average molecular weight is 411 g/mol. The Hall–Kier alpha value is -1.59. The Labute approximate surface area is 154 Å². The minimum absolute atomic E-state index is 0.129. The van der Waals surface area contributed by atoms with Crippen molar-refractivity contribution in [3.05, 3.63) is 42.2 Å². The number of alkyl halides is 3. The second-order valence-electron chi connectivity index (χ2n) is 6.30. The Bertz CT molecular complexity index is 814. The summed E-state index contributed by atoms with van der Waals surface area (Å²) in [5.41, 5.74) is -4.27. The van der Waals surface area contributed by atoms with Crippen LogP contribution in [0.5, 0.6) is 0 Å². The smallest absolute Gasteiger partial charge is 0.485 e. The Morgan fingerprint density at radius 3 is 2.08 bits per heavy atom. The number of hydrogen-bond acceptors (Lipinski definition) is 5. The number of halogens is 3. The molecular weight excluding hydrogens is 391 g/mol. The minimum Gasteiger partial charge on any atom is -0.741 e. The summed E-state index contributed by atoms with van der Waals surface area (Å²) in [6.45, 7) is 6.62. The fraction of sp³-hybridized carbons (Fsp3) is 0.467. The quantitative estimate of drug-likeness (QED) is 0.336. The van der Waals surface area contributed by atoms with E-state index in [9.17, 15) is 13.2 Å². The molecule has 11 heteroatoms. The summed E-state index contributed by atoms with van der Waals surface area (Å²) in [4.78, 5) is 1.27. The van der Waals surface area contributed by atoms with E-state index >= 15 is 0 Å². The highest BCUT2D eigenvalue weighted by molar-refractivity contribution is 7.98. The lowest BCUT2D eigenvalue weighted by Gasteiger charge is -2.12. The molecule has 6 nitrogen and oxygen atoms in total. The number of hydrogen-bond donors (Lipinski definition) is 0. The predicted octanol–water partition coefficient (Wildman–Crippen LogP) is 2.81. The first-order valence-electron chi connectivity index (χ1n) is 7.36. The molecule has 0 unspecified atom stereocenters. The van der Waals surface area contributed by atoms with Crippen LogP contribution in [0.1, 0.15) is 26.5 Å². The van der Waals surface area contributed by atoms with E-state index in [0.717, 1.165) is 5.88 Å². The molecule has 1 aromatic heterocycles. The van der Waals surface area contributed by atoms with E-state index in [-0.39, 0.29) is 5.41 Å². The standard InChI is InChI=1S/C14H20N3S.CHF3O3S/c1-14(2,3)13-10-17(15-16(13)4)11-18-12-8-6-5-7-9-12;2-1(3,4)8(5,6)7/h5-10H,11H2,1-4H3;(H,5,6,7)/q+1;/p-1. The van der Waals surface area contributed by atoms with Gasteiger partial charge < -0.3 is 4.55 Å². The monoisotopic (exact) mass is 411 g/mol. The molecule has 0 saturated carbocycles. The summed E-state index contributed by atoms with van der Waals surface area (Å²) in [7, 11) is -4.09. The van der Waals surface area contributed by atoms with Crippen molar-refractivity contribution < 1.29 is 30.8 Å². The normalized spacial score (nSPS) is 12.5. The Kier molecular flexibility index (Phi) is 7.25. The van der Waals surface area contributed by atoms with Gasteiger partial charge in [-0.3, -0.25) is 0 Å². The van der Waals surface area contributed by atoms with Crippen LogP contribution in [0.15, 0.2) is 41.4 Å². The molecule has 0 spiro atoms. The van der Waals surface area contributed by atoms with Crippen molar-refractivity contribution >= 4 is 21.9 Å². The van der Waals surface area contributed by atoms with Gasteiger partial charge in [-0.2, -0.15) is 13.2 Å². The van der Waals surface area contributed by atoms with Crippen LogP contribution in [0.3, 0.4) is 0 Å². The van der Waals surface area contributed by atoms with Crippen LogP contribution in [0.25, 0.3) is 0 Å². The molecule has 146 valence electrons. The first kappa shape index (κ1) is 22.5. The van der Waals surface area contributed by atoms with E-state index in [2.05, 4.69) is 56.4 Å². The molecule has 1 aromatic carbocycles. The largest absolute Gasteiger partial charge is 0.741 e. The molecule has 2 aromatic rings. The summed E-state index contributed by atoms with van der Waals surface area (Å²) >= 11 is 1.79. The van der Waals surface area contributed by atoms with Gasteiger partial charge >= 0.3 is 5.51 Å². The fourth-order valence-electron chi connectivity index (χ4n) is 1.87. The van der Waals surface area contributed by atoms with Gasteiger partial charge in [0, 0.05) is 10.3 Å². The number of thioether (sulfide) groups is 1. The Morgan fingerprint density at radius 2 is 1.69 bits per heavy atom. The second-order valence-corrected chi connectivity index (χ2v) is 8.69. The number of rotatable bonds is 3. The van der Waals surface area contributed by atoms with Crippen LogP contribution in [0.4, 0.5) is 13.2 Å². The molecule has 0 saturated heterocycles. The van der Waals surface area contributed by atoms with Gasteiger partial charge in [0.2, 0.25) is 0 Å². The van der Waals surface area contributed by atoms with Crippen LogP contribution >= 0.6 is 11.8 Å². The molecule has 0 atom stereocenters. The average Bonchev–Trinajstić information content (AvgIpc) is 2.86. The highest BCUT2D eigenvalue weighted by Gasteiger charge is 2.36. The second kappa shape index (κ2) is 8.40. The zero-order chi connectivity index (χ0) is 20.2. The first-order valence-corrected chi connectivity index (χ1v) is 9.75. The molecule has 0 N–H and O–H groups in total. The van der Waals surface area contributed by atoms with Gasteiger partial charge in [0.1, 0.15) is 7.05 Å². The lowest BCUT2D eigenvalue weighted by atomic mass is 9.93. The van der Waals surface area contributed by atoms with Crippen molar-refractivity contribution in [3.8, 4) is 0 Å². The molecule has 1 heterocycles. The first-order chi connectivity index (χ1) is 11.7. The van der Waals surface area contributed by atoms with E-state index in [4.69, 9.17) is 13.0 Å². The zero-order valence-corrected chi connectivity index (χ0v) is 16.3. The van der Waals surface area contributed by atoms with E-state index in [1.807, 2.05) is 22.5 Å². The maximum atomic E-state index is 10.7. The summed E-state index contributed by atoms with van der Waals surface area (Å²) < 4.78 is 62.9. The van der Waals surface area contributed by atoms with Gasteiger partial charge in [0.05, 0.1) is 5.21 Å². The topological polar surface area (TPSA) is 78.9 Å². The van der Waals surface area contributed by atoms with Crippen molar-refractivity contribution in [2.24, 2.45) is 7.05 Å².